The van der Waals surface area contributed by atoms with Crippen molar-refractivity contribution in [1.82, 2.24) is 5.06 Å². The van der Waals surface area contributed by atoms with Gasteiger partial charge in [-0.25, -0.2) is 5.06 Å². The number of hydroxylamine groups is 2. The third kappa shape index (κ3) is 4.30. The zero-order valence-electron chi connectivity index (χ0n) is 26.3. The summed E-state index contributed by atoms with van der Waals surface area (Å²) < 4.78 is 39.4. The topological polar surface area (TPSA) is 72.6 Å². The van der Waals surface area contributed by atoms with E-state index in [-0.39, 0.29) is 57.3 Å². The van der Waals surface area contributed by atoms with E-state index in [0.717, 1.165) is 50.5 Å². The molecule has 0 aromatic heterocycles. The van der Waals surface area contributed by atoms with Crippen molar-refractivity contribution in [2.45, 2.75) is 126 Å². The number of fused-ring (bicyclic) bond motifs is 7. The highest BCUT2D eigenvalue weighted by Gasteiger charge is 2.70. The summed E-state index contributed by atoms with van der Waals surface area (Å²) >= 11 is 0. The number of nitrogens with two attached hydrogens (primary N) is 1. The minimum absolute atomic E-state index is 0.0418. The maximum Gasteiger partial charge on any atom is 0.544 e. The molecule has 1 unspecified atom stereocenters. The molecule has 5 rings (SSSR count). The van der Waals surface area contributed by atoms with Crippen LogP contribution in [0, 0.1) is 50.2 Å². The van der Waals surface area contributed by atoms with Gasteiger partial charge in [-0.15, -0.1) is 13.2 Å². The number of nitrogens with zero attached hydrogens (tertiary/aromatic N) is 1. The minimum atomic E-state index is -4.93. The van der Waals surface area contributed by atoms with Crippen molar-refractivity contribution in [2.24, 2.45) is 56.0 Å². The molecule has 0 bridgehead atoms. The fourth-order valence-corrected chi connectivity index (χ4v) is 11.1. The van der Waals surface area contributed by atoms with Crippen molar-refractivity contribution in [3.05, 3.63) is 11.6 Å². The first-order chi connectivity index (χ1) is 18.7. The Hall–Kier alpha value is -1.41. The number of carbonyl (C=O) groups excluding carboxylic acids is 2. The maximum atomic E-state index is 14.4. The standard InChI is InChI=1S/C33H51F3N2O3/c1-9-38(41-33(34,35)36)26(40)29(5)15-14-28(4)16-17-31(7)20(21(28)19-29)18-22(39)25-30(6)12-11-24(37)27(2,3)23(30)10-13-32(25,31)8/h18,21,23-25H,9-17,19,37H2,1-8H3/t21-,23?,24-,25+,28+,29-,30-,31+,32+/m0/s1. The van der Waals surface area contributed by atoms with Gasteiger partial charge >= 0.3 is 6.36 Å². The molecule has 0 saturated heterocycles. The molecule has 2 N–H and O–H groups in total. The Bertz CT molecular complexity index is 1150. The Balaban J connectivity index is 1.54. The molecule has 41 heavy (non-hydrogen) atoms. The number of alkyl halides is 3. The molecule has 5 aliphatic rings. The van der Waals surface area contributed by atoms with Crippen molar-refractivity contribution in [3.8, 4) is 0 Å². The smallest absolute Gasteiger partial charge is 0.327 e. The van der Waals surface area contributed by atoms with Crippen LogP contribution < -0.4 is 5.73 Å². The Kier molecular flexibility index (Phi) is 7.03. The average molecular weight is 581 g/mol. The molecular weight excluding hydrogens is 529 g/mol. The fraction of sp³-hybridized carbons (Fsp3) is 0.879. The Labute approximate surface area is 244 Å². The first kappa shape index (κ1) is 31.0. The SMILES string of the molecule is CCN(OC(F)(F)F)C(=O)[C@@]1(C)CC[C@]2(C)CC[C@]3(C)C(=CC(=O)[C@@H]4[C@@]5(C)CC[C@H](N)C(C)(C)C5CC[C@]43C)[C@@H]2C1. The van der Waals surface area contributed by atoms with E-state index < -0.39 is 17.7 Å². The summed E-state index contributed by atoms with van der Waals surface area (Å²) in [7, 11) is 0. The van der Waals surface area contributed by atoms with Crippen LogP contribution in [0.5, 0.6) is 0 Å². The van der Waals surface area contributed by atoms with E-state index in [4.69, 9.17) is 5.73 Å². The summed E-state index contributed by atoms with van der Waals surface area (Å²) in [5.74, 6) is -0.176. The zero-order chi connectivity index (χ0) is 30.6. The molecule has 4 saturated carbocycles. The normalized spacial score (nSPS) is 47.3. The largest absolute Gasteiger partial charge is 0.544 e. The van der Waals surface area contributed by atoms with E-state index in [1.54, 1.807) is 6.92 Å². The van der Waals surface area contributed by atoms with E-state index in [2.05, 4.69) is 46.4 Å². The van der Waals surface area contributed by atoms with E-state index in [1.807, 2.05) is 6.08 Å². The second kappa shape index (κ2) is 9.30. The lowest BCUT2D eigenvalue weighted by Gasteiger charge is -2.70. The predicted molar refractivity (Wildman–Crippen MR) is 152 cm³/mol. The van der Waals surface area contributed by atoms with Gasteiger partial charge in [0.15, 0.2) is 5.78 Å². The van der Waals surface area contributed by atoms with Crippen LogP contribution in [0.2, 0.25) is 0 Å². The number of hydrogen-bond acceptors (Lipinski definition) is 4. The van der Waals surface area contributed by atoms with Crippen molar-refractivity contribution >= 4 is 11.7 Å². The number of ketones is 1. The third-order valence-corrected chi connectivity index (χ3v) is 13.9. The molecule has 0 heterocycles. The molecule has 4 fully saturated rings. The molecule has 0 radical (unpaired) electrons. The highest BCUT2D eigenvalue weighted by molar-refractivity contribution is 5.95. The number of allylic oxidation sites excluding steroid dienone is 2. The summed E-state index contributed by atoms with van der Waals surface area (Å²) in [5.41, 5.74) is 6.06. The average Bonchev–Trinajstić information content (AvgIpc) is 2.86. The Morgan fingerprint density at radius 1 is 1.00 bits per heavy atom. The number of hydrogen-bond donors (Lipinski definition) is 1. The molecule has 9 atom stereocenters. The molecule has 5 aliphatic carbocycles. The van der Waals surface area contributed by atoms with Gasteiger partial charge in [0, 0.05) is 23.9 Å². The molecular formula is C33H51F3N2O3. The lowest BCUT2D eigenvalue weighted by atomic mass is 9.33. The first-order valence-corrected chi connectivity index (χ1v) is 15.8. The molecule has 0 aromatic rings. The van der Waals surface area contributed by atoms with Gasteiger partial charge in [-0.1, -0.05) is 54.0 Å². The van der Waals surface area contributed by atoms with Gasteiger partial charge in [0.2, 0.25) is 0 Å². The van der Waals surface area contributed by atoms with Gasteiger partial charge in [-0.2, -0.15) is 4.84 Å². The molecule has 8 heteroatoms. The first-order valence-electron chi connectivity index (χ1n) is 15.8. The Morgan fingerprint density at radius 2 is 1.63 bits per heavy atom. The molecule has 1 amide bonds. The minimum Gasteiger partial charge on any atom is -0.327 e. The summed E-state index contributed by atoms with van der Waals surface area (Å²) in [6, 6.07) is 0.127. The summed E-state index contributed by atoms with van der Waals surface area (Å²) in [4.78, 5) is 32.2. The highest BCUT2D eigenvalue weighted by Crippen LogP contribution is 2.75. The van der Waals surface area contributed by atoms with Gasteiger partial charge in [0.1, 0.15) is 0 Å². The second-order valence-corrected chi connectivity index (χ2v) is 16.3. The zero-order valence-corrected chi connectivity index (χ0v) is 26.3. The van der Waals surface area contributed by atoms with Crippen molar-refractivity contribution < 1.29 is 27.6 Å². The maximum absolute atomic E-state index is 14.4. The van der Waals surface area contributed by atoms with Gasteiger partial charge < -0.3 is 5.73 Å². The number of rotatable bonds is 3. The predicted octanol–water partition coefficient (Wildman–Crippen LogP) is 7.59. The van der Waals surface area contributed by atoms with Crippen LogP contribution in [-0.2, 0) is 14.4 Å². The quantitative estimate of drug-likeness (QED) is 0.349. The number of halogens is 3. The highest BCUT2D eigenvalue weighted by atomic mass is 19.4. The van der Waals surface area contributed by atoms with Crippen LogP contribution in [0.3, 0.4) is 0 Å². The van der Waals surface area contributed by atoms with Crippen LogP contribution in [0.15, 0.2) is 11.6 Å². The second-order valence-electron chi connectivity index (χ2n) is 16.3. The van der Waals surface area contributed by atoms with Crippen LogP contribution in [-0.4, -0.2) is 35.7 Å². The van der Waals surface area contributed by atoms with E-state index >= 15 is 0 Å². The molecule has 0 spiro atoms. The molecule has 5 nitrogen and oxygen atoms in total. The van der Waals surface area contributed by atoms with Crippen LogP contribution in [0.25, 0.3) is 0 Å². The third-order valence-electron chi connectivity index (χ3n) is 13.9. The van der Waals surface area contributed by atoms with Gasteiger partial charge in [0.05, 0.1) is 0 Å². The van der Waals surface area contributed by atoms with E-state index in [9.17, 15) is 22.8 Å². The van der Waals surface area contributed by atoms with Crippen LogP contribution >= 0.6 is 0 Å². The van der Waals surface area contributed by atoms with E-state index in [1.165, 1.54) is 6.92 Å². The van der Waals surface area contributed by atoms with Crippen molar-refractivity contribution in [2.75, 3.05) is 6.54 Å². The lowest BCUT2D eigenvalue weighted by molar-refractivity contribution is -0.403. The summed E-state index contributed by atoms with van der Waals surface area (Å²) in [6.45, 7) is 17.0. The molecule has 0 aliphatic heterocycles. The summed E-state index contributed by atoms with van der Waals surface area (Å²) in [5, 5.41) is 0.486. The van der Waals surface area contributed by atoms with Crippen molar-refractivity contribution in [3.63, 3.8) is 0 Å². The van der Waals surface area contributed by atoms with Crippen molar-refractivity contribution in [1.29, 1.82) is 0 Å². The molecule has 232 valence electrons. The fourth-order valence-electron chi connectivity index (χ4n) is 11.1. The monoisotopic (exact) mass is 580 g/mol. The molecule has 0 aromatic carbocycles. The van der Waals surface area contributed by atoms with E-state index in [0.29, 0.717) is 23.8 Å². The Morgan fingerprint density at radius 3 is 2.24 bits per heavy atom. The lowest BCUT2D eigenvalue weighted by Crippen LogP contribution is -2.67. The van der Waals surface area contributed by atoms with Gasteiger partial charge in [0.25, 0.3) is 5.91 Å². The van der Waals surface area contributed by atoms with Crippen LogP contribution in [0.4, 0.5) is 13.2 Å². The van der Waals surface area contributed by atoms with Gasteiger partial charge in [-0.3, -0.25) is 9.59 Å². The number of amides is 1. The number of carbonyl (C=O) groups is 2. The van der Waals surface area contributed by atoms with Crippen LogP contribution in [0.1, 0.15) is 113 Å². The van der Waals surface area contributed by atoms with Gasteiger partial charge in [-0.05, 0) is 110 Å². The summed E-state index contributed by atoms with van der Waals surface area (Å²) in [6.07, 6.45) is 4.52.